The van der Waals surface area contributed by atoms with Crippen molar-refractivity contribution >= 4 is 0 Å². The number of aromatic nitrogens is 2. The second kappa shape index (κ2) is 5.77. The topological polar surface area (TPSA) is 56.3 Å². The highest BCUT2D eigenvalue weighted by Gasteiger charge is 2.16. The van der Waals surface area contributed by atoms with E-state index in [4.69, 9.17) is 9.47 Å². The van der Waals surface area contributed by atoms with Gasteiger partial charge in [-0.1, -0.05) is 0 Å². The molecule has 0 radical (unpaired) electrons. The Morgan fingerprint density at radius 3 is 3.25 bits per heavy atom. The predicted octanol–water partition coefficient (Wildman–Crippen LogP) is 0.611. The van der Waals surface area contributed by atoms with E-state index in [0.717, 1.165) is 25.3 Å². The SMILES string of the molecule is CNCc1cncc(OCC2CCOC2)n1. The monoisotopic (exact) mass is 223 g/mol. The summed E-state index contributed by atoms with van der Waals surface area (Å²) in [6.45, 7) is 3.01. The van der Waals surface area contributed by atoms with Crippen LogP contribution in [0.2, 0.25) is 0 Å². The lowest BCUT2D eigenvalue weighted by Crippen LogP contribution is -2.13. The summed E-state index contributed by atoms with van der Waals surface area (Å²) in [4.78, 5) is 8.43. The van der Waals surface area contributed by atoms with Crippen LogP contribution in [0.25, 0.3) is 0 Å². The molecule has 1 atom stereocenters. The molecule has 1 fully saturated rings. The van der Waals surface area contributed by atoms with Crippen LogP contribution < -0.4 is 10.1 Å². The minimum absolute atomic E-state index is 0.495. The summed E-state index contributed by atoms with van der Waals surface area (Å²) >= 11 is 0. The number of hydrogen-bond donors (Lipinski definition) is 1. The van der Waals surface area contributed by atoms with Crippen molar-refractivity contribution in [2.75, 3.05) is 26.9 Å². The Labute approximate surface area is 95.2 Å². The summed E-state index contributed by atoms with van der Waals surface area (Å²) in [5, 5.41) is 3.03. The maximum atomic E-state index is 5.60. The summed E-state index contributed by atoms with van der Waals surface area (Å²) in [7, 11) is 1.88. The molecular weight excluding hydrogens is 206 g/mol. The van der Waals surface area contributed by atoms with Crippen LogP contribution in [0.15, 0.2) is 12.4 Å². The molecule has 2 rings (SSSR count). The Morgan fingerprint density at radius 2 is 2.50 bits per heavy atom. The van der Waals surface area contributed by atoms with Crippen LogP contribution in [0, 0.1) is 5.92 Å². The Kier molecular flexibility index (Phi) is 4.07. The Hall–Kier alpha value is -1.20. The first-order valence-electron chi connectivity index (χ1n) is 5.54. The van der Waals surface area contributed by atoms with Crippen LogP contribution in [-0.2, 0) is 11.3 Å². The summed E-state index contributed by atoms with van der Waals surface area (Å²) < 4.78 is 10.9. The second-order valence-corrected chi connectivity index (χ2v) is 3.92. The Balaban J connectivity index is 1.85. The number of nitrogens with one attached hydrogen (secondary N) is 1. The van der Waals surface area contributed by atoms with Crippen molar-refractivity contribution in [2.45, 2.75) is 13.0 Å². The highest BCUT2D eigenvalue weighted by molar-refractivity contribution is 5.08. The van der Waals surface area contributed by atoms with Crippen LogP contribution in [0.1, 0.15) is 12.1 Å². The number of rotatable bonds is 5. The molecule has 0 aromatic carbocycles. The van der Waals surface area contributed by atoms with E-state index in [1.54, 1.807) is 12.4 Å². The fraction of sp³-hybridized carbons (Fsp3) is 0.636. The van der Waals surface area contributed by atoms with Crippen molar-refractivity contribution in [1.82, 2.24) is 15.3 Å². The number of ether oxygens (including phenoxy) is 2. The van der Waals surface area contributed by atoms with Crippen LogP contribution in [-0.4, -0.2) is 36.8 Å². The molecule has 0 spiro atoms. The predicted molar refractivity (Wildman–Crippen MR) is 59.2 cm³/mol. The van der Waals surface area contributed by atoms with E-state index in [9.17, 15) is 0 Å². The molecule has 0 aliphatic carbocycles. The molecule has 5 nitrogen and oxygen atoms in total. The highest BCUT2D eigenvalue weighted by atomic mass is 16.5. The van der Waals surface area contributed by atoms with Gasteiger partial charge >= 0.3 is 0 Å². The molecule has 2 heterocycles. The first kappa shape index (κ1) is 11.3. The van der Waals surface area contributed by atoms with Crippen LogP contribution in [0.5, 0.6) is 5.88 Å². The van der Waals surface area contributed by atoms with Crippen molar-refractivity contribution in [1.29, 1.82) is 0 Å². The van der Waals surface area contributed by atoms with Crippen molar-refractivity contribution in [3.05, 3.63) is 18.1 Å². The maximum absolute atomic E-state index is 5.60. The van der Waals surface area contributed by atoms with Crippen molar-refractivity contribution in [3.63, 3.8) is 0 Å². The van der Waals surface area contributed by atoms with E-state index in [1.807, 2.05) is 7.05 Å². The highest BCUT2D eigenvalue weighted by Crippen LogP contribution is 2.14. The summed E-state index contributed by atoms with van der Waals surface area (Å²) in [5.41, 5.74) is 0.891. The largest absolute Gasteiger partial charge is 0.476 e. The van der Waals surface area contributed by atoms with Gasteiger partial charge in [-0.15, -0.1) is 0 Å². The molecule has 1 aliphatic rings. The summed E-state index contributed by atoms with van der Waals surface area (Å²) in [6, 6.07) is 0. The molecule has 0 bridgehead atoms. The molecule has 1 aliphatic heterocycles. The standard InChI is InChI=1S/C11H17N3O2/c1-12-4-10-5-13-6-11(14-10)16-8-9-2-3-15-7-9/h5-6,9,12H,2-4,7-8H2,1H3. The molecule has 88 valence electrons. The molecule has 0 amide bonds. The summed E-state index contributed by atoms with van der Waals surface area (Å²) in [6.07, 6.45) is 4.46. The molecule has 1 unspecified atom stereocenters. The van der Waals surface area contributed by atoms with Gasteiger partial charge in [-0.25, -0.2) is 4.98 Å². The lowest BCUT2D eigenvalue weighted by molar-refractivity contribution is 0.165. The van der Waals surface area contributed by atoms with Gasteiger partial charge in [0, 0.05) is 25.3 Å². The minimum Gasteiger partial charge on any atom is -0.476 e. The average Bonchev–Trinajstić information content (AvgIpc) is 2.80. The third kappa shape index (κ3) is 3.15. The average molecular weight is 223 g/mol. The van der Waals surface area contributed by atoms with Gasteiger partial charge < -0.3 is 14.8 Å². The molecule has 5 heteroatoms. The molecule has 1 saturated heterocycles. The molecule has 1 aromatic heterocycles. The van der Waals surface area contributed by atoms with Gasteiger partial charge in [0.15, 0.2) is 0 Å². The van der Waals surface area contributed by atoms with Gasteiger partial charge in [0.1, 0.15) is 0 Å². The van der Waals surface area contributed by atoms with Gasteiger partial charge in [0.2, 0.25) is 5.88 Å². The number of hydrogen-bond acceptors (Lipinski definition) is 5. The first-order valence-corrected chi connectivity index (χ1v) is 5.54. The fourth-order valence-electron chi connectivity index (χ4n) is 1.64. The van der Waals surface area contributed by atoms with Gasteiger partial charge in [-0.05, 0) is 13.5 Å². The third-order valence-electron chi connectivity index (χ3n) is 2.51. The minimum atomic E-state index is 0.495. The lowest BCUT2D eigenvalue weighted by atomic mass is 10.1. The van der Waals surface area contributed by atoms with Gasteiger partial charge in [0.25, 0.3) is 0 Å². The van der Waals surface area contributed by atoms with Crippen molar-refractivity contribution < 1.29 is 9.47 Å². The zero-order valence-corrected chi connectivity index (χ0v) is 9.48. The molecule has 0 saturated carbocycles. The molecular formula is C11H17N3O2. The van der Waals surface area contributed by atoms with E-state index >= 15 is 0 Å². The van der Waals surface area contributed by atoms with Crippen LogP contribution >= 0.6 is 0 Å². The van der Waals surface area contributed by atoms with E-state index in [0.29, 0.717) is 24.9 Å². The zero-order valence-electron chi connectivity index (χ0n) is 9.48. The van der Waals surface area contributed by atoms with Crippen molar-refractivity contribution in [2.24, 2.45) is 5.92 Å². The quantitative estimate of drug-likeness (QED) is 0.792. The second-order valence-electron chi connectivity index (χ2n) is 3.92. The Bertz CT molecular complexity index is 327. The van der Waals surface area contributed by atoms with Gasteiger partial charge in [-0.3, -0.25) is 4.98 Å². The van der Waals surface area contributed by atoms with E-state index < -0.39 is 0 Å². The van der Waals surface area contributed by atoms with E-state index in [-0.39, 0.29) is 0 Å². The first-order chi connectivity index (χ1) is 7.88. The van der Waals surface area contributed by atoms with Crippen LogP contribution in [0.3, 0.4) is 0 Å². The molecule has 1 aromatic rings. The molecule has 16 heavy (non-hydrogen) atoms. The third-order valence-corrected chi connectivity index (χ3v) is 2.51. The lowest BCUT2D eigenvalue weighted by Gasteiger charge is -2.09. The van der Waals surface area contributed by atoms with Gasteiger partial charge in [-0.2, -0.15) is 0 Å². The summed E-state index contributed by atoms with van der Waals surface area (Å²) in [5.74, 6) is 1.09. The van der Waals surface area contributed by atoms with E-state index in [1.165, 1.54) is 0 Å². The van der Waals surface area contributed by atoms with Gasteiger partial charge in [0.05, 0.1) is 25.1 Å². The zero-order chi connectivity index (χ0) is 11.2. The van der Waals surface area contributed by atoms with Crippen molar-refractivity contribution in [3.8, 4) is 5.88 Å². The Morgan fingerprint density at radius 1 is 1.56 bits per heavy atom. The smallest absolute Gasteiger partial charge is 0.232 e. The maximum Gasteiger partial charge on any atom is 0.232 e. The normalized spacial score (nSPS) is 19.9. The molecule has 1 N–H and O–H groups in total. The van der Waals surface area contributed by atoms with Crippen LogP contribution in [0.4, 0.5) is 0 Å². The fourth-order valence-corrected chi connectivity index (χ4v) is 1.64. The number of nitrogens with zero attached hydrogens (tertiary/aromatic N) is 2. The van der Waals surface area contributed by atoms with E-state index in [2.05, 4.69) is 15.3 Å².